The number of alkyl halides is 1. The van der Waals surface area contributed by atoms with Crippen molar-refractivity contribution in [2.45, 2.75) is 38.6 Å². The summed E-state index contributed by atoms with van der Waals surface area (Å²) in [7, 11) is 2.15. The molecule has 0 fully saturated rings. The summed E-state index contributed by atoms with van der Waals surface area (Å²) in [5.41, 5.74) is 2.32. The number of fused-ring (bicyclic) bond motifs is 1. The second-order valence-electron chi connectivity index (χ2n) is 5.89. The van der Waals surface area contributed by atoms with E-state index in [1.807, 2.05) is 6.07 Å². The first kappa shape index (κ1) is 15.3. The summed E-state index contributed by atoms with van der Waals surface area (Å²) >= 11 is 3.60. The molecule has 1 heterocycles. The van der Waals surface area contributed by atoms with Gasteiger partial charge in [-0.15, -0.1) is 0 Å². The first-order chi connectivity index (χ1) is 9.52. The lowest BCUT2D eigenvalue weighted by molar-refractivity contribution is 0.502. The minimum atomic E-state index is 0.487. The van der Waals surface area contributed by atoms with E-state index in [0.717, 1.165) is 16.7 Å². The molecule has 1 unspecified atom stereocenters. The van der Waals surface area contributed by atoms with E-state index in [0.29, 0.717) is 12.0 Å². The molecule has 0 N–H and O–H groups in total. The second kappa shape index (κ2) is 6.57. The molecular formula is C17H23BrN2. The molecule has 0 amide bonds. The van der Waals surface area contributed by atoms with Crippen LogP contribution in [0.25, 0.3) is 10.9 Å². The Hall–Kier alpha value is -1.09. The van der Waals surface area contributed by atoms with Crippen LogP contribution in [0.3, 0.4) is 0 Å². The number of hydrogen-bond donors (Lipinski definition) is 0. The van der Waals surface area contributed by atoms with E-state index in [1.54, 1.807) is 0 Å². The molecule has 1 aromatic heterocycles. The van der Waals surface area contributed by atoms with E-state index < -0.39 is 0 Å². The van der Waals surface area contributed by atoms with E-state index in [1.165, 1.54) is 17.4 Å². The van der Waals surface area contributed by atoms with Crippen LogP contribution in [0.1, 0.15) is 32.8 Å². The van der Waals surface area contributed by atoms with Gasteiger partial charge in [-0.25, -0.2) is 4.98 Å². The van der Waals surface area contributed by atoms with Crippen LogP contribution in [0.2, 0.25) is 0 Å². The van der Waals surface area contributed by atoms with Crippen molar-refractivity contribution in [1.82, 2.24) is 4.98 Å². The maximum absolute atomic E-state index is 4.87. The molecule has 0 bridgehead atoms. The lowest BCUT2D eigenvalue weighted by atomic mass is 10.0. The molecule has 20 heavy (non-hydrogen) atoms. The van der Waals surface area contributed by atoms with Gasteiger partial charge in [-0.2, -0.15) is 0 Å². The lowest BCUT2D eigenvalue weighted by Gasteiger charge is -2.29. The topological polar surface area (TPSA) is 16.1 Å². The quantitative estimate of drug-likeness (QED) is 0.715. The summed E-state index contributed by atoms with van der Waals surface area (Å²) in [6.07, 6.45) is 1.17. The molecular weight excluding hydrogens is 312 g/mol. The van der Waals surface area contributed by atoms with E-state index >= 15 is 0 Å². The molecule has 0 saturated carbocycles. The predicted octanol–water partition coefficient (Wildman–Crippen LogP) is 5.00. The highest BCUT2D eigenvalue weighted by Gasteiger charge is 2.16. The summed E-state index contributed by atoms with van der Waals surface area (Å²) in [6, 6.07) is 11.0. The van der Waals surface area contributed by atoms with Gasteiger partial charge in [-0.1, -0.05) is 48.0 Å². The third kappa shape index (κ3) is 3.32. The van der Waals surface area contributed by atoms with Gasteiger partial charge in [-0.3, -0.25) is 0 Å². The van der Waals surface area contributed by atoms with Crippen molar-refractivity contribution in [3.8, 4) is 0 Å². The Balaban J connectivity index is 2.41. The first-order valence-corrected chi connectivity index (χ1v) is 8.32. The smallest absolute Gasteiger partial charge is 0.133 e. The monoisotopic (exact) mass is 334 g/mol. The van der Waals surface area contributed by atoms with E-state index in [9.17, 15) is 0 Å². The van der Waals surface area contributed by atoms with Gasteiger partial charge in [0.1, 0.15) is 5.82 Å². The van der Waals surface area contributed by atoms with Crippen LogP contribution in [0.15, 0.2) is 30.3 Å². The number of rotatable bonds is 5. The SMILES string of the molecule is CC(C)CC(C)N(C)c1nc2ccccc2cc1CBr. The standard InChI is InChI=1S/C17H23BrN2/c1-12(2)9-13(3)20(4)17-15(11-18)10-14-7-5-6-8-16(14)19-17/h5-8,10,12-13H,9,11H2,1-4H3. The molecule has 2 rings (SSSR count). The number of aromatic nitrogens is 1. The summed E-state index contributed by atoms with van der Waals surface area (Å²) in [5, 5.41) is 2.04. The Bertz CT molecular complexity index is 580. The molecule has 0 radical (unpaired) electrons. The fraction of sp³-hybridized carbons (Fsp3) is 0.471. The molecule has 0 aliphatic carbocycles. The molecule has 1 aromatic carbocycles. The summed E-state index contributed by atoms with van der Waals surface area (Å²) in [6.45, 7) is 6.81. The Morgan fingerprint density at radius 2 is 1.90 bits per heavy atom. The number of anilines is 1. The molecule has 0 aliphatic heterocycles. The van der Waals surface area contributed by atoms with Gasteiger partial charge in [0.05, 0.1) is 5.52 Å². The van der Waals surface area contributed by atoms with E-state index in [2.05, 4.69) is 72.9 Å². The Morgan fingerprint density at radius 3 is 2.55 bits per heavy atom. The highest BCUT2D eigenvalue weighted by atomic mass is 79.9. The number of pyridine rings is 1. The number of para-hydroxylation sites is 1. The van der Waals surface area contributed by atoms with E-state index in [-0.39, 0.29) is 0 Å². The maximum Gasteiger partial charge on any atom is 0.133 e. The second-order valence-corrected chi connectivity index (χ2v) is 6.45. The van der Waals surface area contributed by atoms with Gasteiger partial charge >= 0.3 is 0 Å². The Morgan fingerprint density at radius 1 is 1.20 bits per heavy atom. The van der Waals surface area contributed by atoms with Crippen LogP contribution in [0.5, 0.6) is 0 Å². The fourth-order valence-electron chi connectivity index (χ4n) is 2.60. The van der Waals surface area contributed by atoms with Crippen LogP contribution in [-0.4, -0.2) is 18.1 Å². The van der Waals surface area contributed by atoms with Crippen LogP contribution in [0, 0.1) is 5.92 Å². The number of halogens is 1. The zero-order chi connectivity index (χ0) is 14.7. The molecule has 1 atom stereocenters. The van der Waals surface area contributed by atoms with Crippen LogP contribution < -0.4 is 4.90 Å². The third-order valence-corrected chi connectivity index (χ3v) is 4.34. The average Bonchev–Trinajstić information content (AvgIpc) is 2.44. The van der Waals surface area contributed by atoms with Gasteiger partial charge in [0, 0.05) is 29.4 Å². The normalized spacial score (nSPS) is 12.9. The van der Waals surface area contributed by atoms with E-state index in [4.69, 9.17) is 4.98 Å². The Labute approximate surface area is 130 Å². The highest BCUT2D eigenvalue weighted by Crippen LogP contribution is 2.27. The molecule has 2 nitrogen and oxygen atoms in total. The summed E-state index contributed by atoms with van der Waals surface area (Å²) in [5.74, 6) is 1.79. The number of benzene rings is 1. The van der Waals surface area contributed by atoms with Crippen molar-refractivity contribution in [3.05, 3.63) is 35.9 Å². The van der Waals surface area contributed by atoms with Gasteiger partial charge in [-0.05, 0) is 31.4 Å². The molecule has 0 spiro atoms. The molecule has 3 heteroatoms. The molecule has 0 saturated heterocycles. The average molecular weight is 335 g/mol. The number of nitrogens with zero attached hydrogens (tertiary/aromatic N) is 2. The van der Waals surface area contributed by atoms with Gasteiger partial charge in [0.25, 0.3) is 0 Å². The summed E-state index contributed by atoms with van der Waals surface area (Å²) < 4.78 is 0. The Kier molecular flexibility index (Phi) is 5.03. The van der Waals surface area contributed by atoms with Crippen molar-refractivity contribution in [2.75, 3.05) is 11.9 Å². The van der Waals surface area contributed by atoms with Gasteiger partial charge in [0.2, 0.25) is 0 Å². The van der Waals surface area contributed by atoms with Crippen LogP contribution in [0.4, 0.5) is 5.82 Å². The van der Waals surface area contributed by atoms with Crippen molar-refractivity contribution < 1.29 is 0 Å². The van der Waals surface area contributed by atoms with Crippen molar-refractivity contribution in [1.29, 1.82) is 0 Å². The predicted molar refractivity (Wildman–Crippen MR) is 91.7 cm³/mol. The zero-order valence-corrected chi connectivity index (χ0v) is 14.3. The minimum Gasteiger partial charge on any atom is -0.357 e. The van der Waals surface area contributed by atoms with Crippen molar-refractivity contribution in [3.63, 3.8) is 0 Å². The molecule has 2 aromatic rings. The third-order valence-electron chi connectivity index (χ3n) is 3.73. The van der Waals surface area contributed by atoms with Crippen LogP contribution in [-0.2, 0) is 5.33 Å². The summed E-state index contributed by atoms with van der Waals surface area (Å²) in [4.78, 5) is 7.18. The number of hydrogen-bond acceptors (Lipinski definition) is 2. The first-order valence-electron chi connectivity index (χ1n) is 7.20. The zero-order valence-electron chi connectivity index (χ0n) is 12.7. The highest BCUT2D eigenvalue weighted by molar-refractivity contribution is 9.08. The fourth-order valence-corrected chi connectivity index (χ4v) is 3.02. The largest absolute Gasteiger partial charge is 0.357 e. The maximum atomic E-state index is 4.87. The van der Waals surface area contributed by atoms with Gasteiger partial charge in [0.15, 0.2) is 0 Å². The van der Waals surface area contributed by atoms with Gasteiger partial charge < -0.3 is 4.90 Å². The lowest BCUT2D eigenvalue weighted by Crippen LogP contribution is -2.31. The van der Waals surface area contributed by atoms with Crippen molar-refractivity contribution in [2.24, 2.45) is 5.92 Å². The molecule has 0 aliphatic rings. The minimum absolute atomic E-state index is 0.487. The molecule has 108 valence electrons. The van der Waals surface area contributed by atoms with Crippen LogP contribution >= 0.6 is 15.9 Å². The van der Waals surface area contributed by atoms with Crippen molar-refractivity contribution >= 4 is 32.7 Å².